The van der Waals surface area contributed by atoms with Crippen molar-refractivity contribution in [3.05, 3.63) is 83.9 Å². The summed E-state index contributed by atoms with van der Waals surface area (Å²) < 4.78 is 35.1. The molecule has 0 spiro atoms. The minimum atomic E-state index is -4.05. The number of carbonyl (C=O) groups excluding carboxylic acids is 2. The quantitative estimate of drug-likeness (QED) is 0.421. The number of hydrogen-bond donors (Lipinski definition) is 2. The molecular formula is C28H31N3O5S. The lowest BCUT2D eigenvalue weighted by Gasteiger charge is -2.20. The normalized spacial score (nSPS) is 13.6. The fourth-order valence-electron chi connectivity index (χ4n) is 4.36. The molecule has 0 saturated carbocycles. The zero-order chi connectivity index (χ0) is 26.4. The third-order valence-electron chi connectivity index (χ3n) is 6.20. The Morgan fingerprint density at radius 2 is 1.73 bits per heavy atom. The highest BCUT2D eigenvalue weighted by Crippen LogP contribution is 2.31. The number of sulfonamides is 1. The van der Waals surface area contributed by atoms with E-state index in [2.05, 4.69) is 10.0 Å². The number of fused-ring (bicyclic) bond motifs is 1. The Kier molecular flexibility index (Phi) is 8.25. The number of carbonyl (C=O) groups is 2. The van der Waals surface area contributed by atoms with E-state index in [0.29, 0.717) is 37.4 Å². The zero-order valence-corrected chi connectivity index (χ0v) is 21.8. The van der Waals surface area contributed by atoms with Gasteiger partial charge in [0.05, 0.1) is 17.2 Å². The number of hydrogen-bond acceptors (Lipinski definition) is 5. The van der Waals surface area contributed by atoms with Crippen LogP contribution in [0.3, 0.4) is 0 Å². The Bertz CT molecular complexity index is 1380. The minimum Gasteiger partial charge on any atom is -0.492 e. The Morgan fingerprint density at radius 1 is 1.00 bits per heavy atom. The molecule has 0 aromatic heterocycles. The molecule has 9 heteroatoms. The van der Waals surface area contributed by atoms with E-state index in [1.165, 1.54) is 6.07 Å². The summed E-state index contributed by atoms with van der Waals surface area (Å²) >= 11 is 0. The second-order valence-corrected chi connectivity index (χ2v) is 10.4. The van der Waals surface area contributed by atoms with Crippen LogP contribution in [0.4, 0.5) is 11.4 Å². The number of ether oxygens (including phenoxy) is 1. The van der Waals surface area contributed by atoms with E-state index in [1.54, 1.807) is 48.2 Å². The van der Waals surface area contributed by atoms with Gasteiger partial charge in [-0.15, -0.1) is 0 Å². The Hall–Kier alpha value is -3.69. The third kappa shape index (κ3) is 6.18. The second-order valence-electron chi connectivity index (χ2n) is 8.72. The van der Waals surface area contributed by atoms with Crippen LogP contribution in [0.2, 0.25) is 0 Å². The second kappa shape index (κ2) is 11.6. The van der Waals surface area contributed by atoms with Crippen LogP contribution in [0, 0.1) is 0 Å². The van der Waals surface area contributed by atoms with E-state index >= 15 is 0 Å². The maximum atomic E-state index is 13.4. The maximum Gasteiger partial charge on any atom is 0.243 e. The third-order valence-corrected chi connectivity index (χ3v) is 7.67. The molecule has 2 amide bonds. The lowest BCUT2D eigenvalue weighted by Crippen LogP contribution is -2.45. The Morgan fingerprint density at radius 3 is 2.46 bits per heavy atom. The molecule has 1 heterocycles. The lowest BCUT2D eigenvalue weighted by atomic mass is 10.1. The molecule has 0 fully saturated rings. The van der Waals surface area contributed by atoms with Crippen LogP contribution >= 0.6 is 0 Å². The maximum absolute atomic E-state index is 13.4. The van der Waals surface area contributed by atoms with E-state index in [4.69, 9.17) is 4.74 Å². The molecule has 0 aliphatic carbocycles. The van der Waals surface area contributed by atoms with Gasteiger partial charge in [0, 0.05) is 18.7 Å². The summed E-state index contributed by atoms with van der Waals surface area (Å²) in [6.45, 7) is 4.59. The number of rotatable bonds is 10. The predicted molar refractivity (Wildman–Crippen MR) is 143 cm³/mol. The van der Waals surface area contributed by atoms with Crippen molar-refractivity contribution in [2.45, 2.75) is 44.0 Å². The average molecular weight is 522 g/mol. The van der Waals surface area contributed by atoms with Crippen LogP contribution in [0.5, 0.6) is 5.75 Å². The molecule has 0 saturated heterocycles. The number of nitrogens with one attached hydrogen (secondary N) is 2. The van der Waals surface area contributed by atoms with Crippen molar-refractivity contribution in [1.82, 2.24) is 4.72 Å². The van der Waals surface area contributed by atoms with Gasteiger partial charge in [-0.1, -0.05) is 49.4 Å². The van der Waals surface area contributed by atoms with Crippen LogP contribution < -0.4 is 19.7 Å². The molecule has 37 heavy (non-hydrogen) atoms. The van der Waals surface area contributed by atoms with Crippen molar-refractivity contribution in [3.63, 3.8) is 0 Å². The van der Waals surface area contributed by atoms with E-state index in [1.807, 2.05) is 37.3 Å². The number of nitrogens with zero attached hydrogens (tertiary/aromatic N) is 1. The highest BCUT2D eigenvalue weighted by Gasteiger charge is 2.29. The number of para-hydroxylation sites is 2. The standard InChI is InChI=1S/C28H31N3O5S/c1-3-27(32)31-17-16-21-19-22(14-15-25(21)31)37(34,35)30-24(18-20-10-6-5-7-11-20)28(33)29-23-12-8-9-13-26(23)36-4-2/h5-15,19,24,30H,3-4,16-18H2,1-2H3,(H,29,33)/t24-/m1/s1. The minimum absolute atomic E-state index is 0.000544. The zero-order valence-electron chi connectivity index (χ0n) is 20.9. The van der Waals surface area contributed by atoms with E-state index < -0.39 is 22.0 Å². The van der Waals surface area contributed by atoms with Gasteiger partial charge in [0.15, 0.2) is 0 Å². The Labute approximate surface area is 217 Å². The van der Waals surface area contributed by atoms with Gasteiger partial charge in [-0.3, -0.25) is 9.59 Å². The predicted octanol–water partition coefficient (Wildman–Crippen LogP) is 3.91. The van der Waals surface area contributed by atoms with Gasteiger partial charge in [-0.2, -0.15) is 4.72 Å². The van der Waals surface area contributed by atoms with Crippen LogP contribution in [-0.4, -0.2) is 39.4 Å². The summed E-state index contributed by atoms with van der Waals surface area (Å²) in [5.41, 5.74) is 2.80. The summed E-state index contributed by atoms with van der Waals surface area (Å²) in [5, 5.41) is 2.82. The van der Waals surface area contributed by atoms with Crippen molar-refractivity contribution in [3.8, 4) is 5.75 Å². The first-order chi connectivity index (χ1) is 17.8. The molecule has 2 N–H and O–H groups in total. The van der Waals surface area contributed by atoms with Gasteiger partial charge >= 0.3 is 0 Å². The molecule has 194 valence electrons. The van der Waals surface area contributed by atoms with Crippen molar-refractivity contribution < 1.29 is 22.7 Å². The first kappa shape index (κ1) is 26.4. The van der Waals surface area contributed by atoms with Gasteiger partial charge in [0.1, 0.15) is 11.8 Å². The highest BCUT2D eigenvalue weighted by atomic mass is 32.2. The van der Waals surface area contributed by atoms with Crippen LogP contribution in [-0.2, 0) is 32.5 Å². The van der Waals surface area contributed by atoms with E-state index in [0.717, 1.165) is 16.8 Å². The summed E-state index contributed by atoms with van der Waals surface area (Å²) in [6, 6.07) is 19.9. The molecular weight excluding hydrogens is 490 g/mol. The fraction of sp³-hybridized carbons (Fsp3) is 0.286. The summed E-state index contributed by atoms with van der Waals surface area (Å²) in [7, 11) is -4.05. The first-order valence-corrected chi connectivity index (χ1v) is 13.8. The van der Waals surface area contributed by atoms with Crippen molar-refractivity contribution in [2.24, 2.45) is 0 Å². The van der Waals surface area contributed by atoms with Gasteiger partial charge in [0.2, 0.25) is 21.8 Å². The van der Waals surface area contributed by atoms with Gasteiger partial charge in [-0.05, 0) is 61.2 Å². The van der Waals surface area contributed by atoms with Crippen molar-refractivity contribution in [2.75, 3.05) is 23.4 Å². The summed E-state index contributed by atoms with van der Waals surface area (Å²) in [6.07, 6.45) is 1.11. The molecule has 0 bridgehead atoms. The largest absolute Gasteiger partial charge is 0.492 e. The van der Waals surface area contributed by atoms with Crippen LogP contribution in [0.25, 0.3) is 0 Å². The first-order valence-electron chi connectivity index (χ1n) is 12.3. The van der Waals surface area contributed by atoms with Gasteiger partial charge in [-0.25, -0.2) is 8.42 Å². The lowest BCUT2D eigenvalue weighted by molar-refractivity contribution is -0.118. The number of anilines is 2. The SMILES string of the molecule is CCOc1ccccc1NC(=O)[C@@H](Cc1ccccc1)NS(=O)(=O)c1ccc2c(c1)CCN2C(=O)CC. The Balaban J connectivity index is 1.60. The average Bonchev–Trinajstić information content (AvgIpc) is 3.33. The van der Waals surface area contributed by atoms with Crippen molar-refractivity contribution in [1.29, 1.82) is 0 Å². The molecule has 1 atom stereocenters. The van der Waals surface area contributed by atoms with E-state index in [-0.39, 0.29) is 17.2 Å². The molecule has 8 nitrogen and oxygen atoms in total. The molecule has 0 radical (unpaired) electrons. The molecule has 4 rings (SSSR count). The van der Waals surface area contributed by atoms with Crippen molar-refractivity contribution >= 4 is 33.2 Å². The topological polar surface area (TPSA) is 105 Å². The molecule has 3 aromatic carbocycles. The summed E-state index contributed by atoms with van der Waals surface area (Å²) in [5.74, 6) is 0.00402. The number of amides is 2. The smallest absolute Gasteiger partial charge is 0.243 e. The monoisotopic (exact) mass is 521 g/mol. The summed E-state index contributed by atoms with van der Waals surface area (Å²) in [4.78, 5) is 27.3. The van der Waals surface area contributed by atoms with Crippen LogP contribution in [0.1, 0.15) is 31.4 Å². The highest BCUT2D eigenvalue weighted by molar-refractivity contribution is 7.89. The molecule has 1 aliphatic rings. The molecule has 1 aliphatic heterocycles. The molecule has 3 aromatic rings. The van der Waals surface area contributed by atoms with Crippen LogP contribution in [0.15, 0.2) is 77.7 Å². The van der Waals surface area contributed by atoms with Gasteiger partial charge in [0.25, 0.3) is 0 Å². The fourth-order valence-corrected chi connectivity index (χ4v) is 5.60. The van der Waals surface area contributed by atoms with E-state index in [9.17, 15) is 18.0 Å². The number of benzene rings is 3. The van der Waals surface area contributed by atoms with Gasteiger partial charge < -0.3 is 15.0 Å². The molecule has 0 unspecified atom stereocenters.